The Morgan fingerprint density at radius 3 is 2.62 bits per heavy atom. The van der Waals surface area contributed by atoms with Crippen LogP contribution in [-0.4, -0.2) is 11.0 Å². The second kappa shape index (κ2) is 5.97. The summed E-state index contributed by atoms with van der Waals surface area (Å²) in [6, 6.07) is 14.0. The summed E-state index contributed by atoms with van der Waals surface area (Å²) in [7, 11) is 0. The van der Waals surface area contributed by atoms with Crippen molar-refractivity contribution in [1.29, 1.82) is 5.26 Å². The van der Waals surface area contributed by atoms with Crippen LogP contribution < -0.4 is 15.8 Å². The predicted octanol–water partition coefficient (Wildman–Crippen LogP) is 2.57. The van der Waals surface area contributed by atoms with Crippen molar-refractivity contribution in [2.24, 2.45) is 5.73 Å². The summed E-state index contributed by atoms with van der Waals surface area (Å²) in [4.78, 5) is 11.1. The number of nitrogens with two attached hydrogens (primary N) is 1. The fraction of sp³-hybridized carbons (Fsp3) is 0.111. The van der Waals surface area contributed by atoms with Gasteiger partial charge in [-0.05, 0) is 23.8 Å². The van der Waals surface area contributed by atoms with Gasteiger partial charge in [-0.3, -0.25) is 4.79 Å². The lowest BCUT2D eigenvalue weighted by molar-refractivity contribution is -0.114. The van der Waals surface area contributed by atoms with Crippen molar-refractivity contribution in [2.75, 3.05) is 5.32 Å². The summed E-state index contributed by atoms with van der Waals surface area (Å²) in [6.45, 7) is 1.44. The number of nitrogens with one attached hydrogen (secondary N) is 1. The van der Waals surface area contributed by atoms with Gasteiger partial charge in [0.05, 0.1) is 5.92 Å². The summed E-state index contributed by atoms with van der Waals surface area (Å²) in [5, 5.41) is 21.8. The number of amides is 1. The molecule has 0 saturated heterocycles. The van der Waals surface area contributed by atoms with E-state index in [0.717, 1.165) is 11.1 Å². The van der Waals surface area contributed by atoms with E-state index in [9.17, 15) is 15.2 Å². The zero-order chi connectivity index (χ0) is 17.3. The lowest BCUT2D eigenvalue weighted by Gasteiger charge is -2.26. The minimum Gasteiger partial charge on any atom is -0.508 e. The second-order valence-corrected chi connectivity index (χ2v) is 5.45. The summed E-state index contributed by atoms with van der Waals surface area (Å²) < 4.78 is 5.46. The van der Waals surface area contributed by atoms with Gasteiger partial charge in [0.25, 0.3) is 0 Å². The number of fused-ring (bicyclic) bond motifs is 1. The van der Waals surface area contributed by atoms with Crippen molar-refractivity contribution in [1.82, 2.24) is 0 Å². The number of nitrogens with zero attached hydrogens (tertiary/aromatic N) is 1. The molecule has 3 rings (SSSR count). The Hall–Kier alpha value is -3.46. The van der Waals surface area contributed by atoms with Crippen molar-refractivity contribution in [3.05, 3.63) is 65.0 Å². The fourth-order valence-corrected chi connectivity index (χ4v) is 2.75. The number of nitriles is 1. The largest absolute Gasteiger partial charge is 0.508 e. The van der Waals surface area contributed by atoms with Crippen molar-refractivity contribution < 1.29 is 14.6 Å². The molecule has 24 heavy (non-hydrogen) atoms. The highest BCUT2D eigenvalue weighted by molar-refractivity contribution is 5.88. The van der Waals surface area contributed by atoms with E-state index < -0.39 is 5.92 Å². The number of aromatic hydroxyl groups is 1. The third-order valence-corrected chi connectivity index (χ3v) is 3.77. The molecule has 120 valence electrons. The first-order valence-electron chi connectivity index (χ1n) is 7.27. The van der Waals surface area contributed by atoms with Crippen molar-refractivity contribution in [2.45, 2.75) is 12.8 Å². The minimum absolute atomic E-state index is 0.0199. The molecule has 0 aromatic heterocycles. The van der Waals surface area contributed by atoms with Crippen LogP contribution in [0.1, 0.15) is 24.0 Å². The molecule has 0 aliphatic carbocycles. The number of carbonyl (C=O) groups is 1. The van der Waals surface area contributed by atoms with E-state index in [4.69, 9.17) is 10.5 Å². The predicted molar refractivity (Wildman–Crippen MR) is 88.1 cm³/mol. The second-order valence-electron chi connectivity index (χ2n) is 5.45. The standard InChI is InChI=1S/C18H15N3O3/c1-10(22)21-12-4-2-11(3-5-12)17-14-7-6-13(23)8-16(14)24-18(20)15(17)9-19/h2-8,17,23H,20H2,1H3,(H,21,22)/t17-/m1/s1. The Bertz CT molecular complexity index is 879. The van der Waals surface area contributed by atoms with E-state index in [0.29, 0.717) is 17.0 Å². The van der Waals surface area contributed by atoms with Crippen LogP contribution in [0.3, 0.4) is 0 Å². The SMILES string of the molecule is CC(=O)Nc1ccc([C@H]2C(C#N)=C(N)Oc3cc(O)ccc32)cc1. The topological polar surface area (TPSA) is 108 Å². The average molecular weight is 321 g/mol. The number of carbonyl (C=O) groups excluding carboxylic acids is 1. The monoisotopic (exact) mass is 321 g/mol. The van der Waals surface area contributed by atoms with Gasteiger partial charge in [-0.1, -0.05) is 18.2 Å². The molecular formula is C18H15N3O3. The van der Waals surface area contributed by atoms with Gasteiger partial charge in [-0.15, -0.1) is 0 Å². The van der Waals surface area contributed by atoms with Crippen molar-refractivity contribution >= 4 is 11.6 Å². The van der Waals surface area contributed by atoms with Crippen molar-refractivity contribution in [3.8, 4) is 17.6 Å². The van der Waals surface area contributed by atoms with Gasteiger partial charge in [0, 0.05) is 24.2 Å². The lowest BCUT2D eigenvalue weighted by atomic mass is 9.83. The normalized spacial score (nSPS) is 15.9. The zero-order valence-corrected chi connectivity index (χ0v) is 12.9. The molecule has 0 spiro atoms. The summed E-state index contributed by atoms with van der Waals surface area (Å²) in [5.41, 5.74) is 8.42. The molecule has 6 nitrogen and oxygen atoms in total. The summed E-state index contributed by atoms with van der Waals surface area (Å²) in [5.74, 6) is -0.0575. The van der Waals surface area contributed by atoms with E-state index in [1.165, 1.54) is 19.1 Å². The van der Waals surface area contributed by atoms with E-state index >= 15 is 0 Å². The van der Waals surface area contributed by atoms with Gasteiger partial charge in [0.2, 0.25) is 11.8 Å². The van der Waals surface area contributed by atoms with E-state index in [-0.39, 0.29) is 17.5 Å². The molecule has 0 saturated carbocycles. The van der Waals surface area contributed by atoms with Crippen LogP contribution in [0.4, 0.5) is 5.69 Å². The fourth-order valence-electron chi connectivity index (χ4n) is 2.75. The van der Waals surface area contributed by atoms with Gasteiger partial charge < -0.3 is 20.9 Å². The van der Waals surface area contributed by atoms with Gasteiger partial charge in [-0.2, -0.15) is 5.26 Å². The molecule has 1 atom stereocenters. The van der Waals surface area contributed by atoms with Gasteiger partial charge in [0.1, 0.15) is 23.1 Å². The van der Waals surface area contributed by atoms with Gasteiger partial charge >= 0.3 is 0 Å². The van der Waals surface area contributed by atoms with Crippen LogP contribution in [0.25, 0.3) is 0 Å². The summed E-state index contributed by atoms with van der Waals surface area (Å²) in [6.07, 6.45) is 0. The van der Waals surface area contributed by atoms with Gasteiger partial charge in [0.15, 0.2) is 0 Å². The maximum Gasteiger partial charge on any atom is 0.221 e. The highest BCUT2D eigenvalue weighted by atomic mass is 16.5. The molecule has 1 aliphatic rings. The molecule has 4 N–H and O–H groups in total. The molecule has 1 heterocycles. The van der Waals surface area contributed by atoms with Gasteiger partial charge in [-0.25, -0.2) is 0 Å². The van der Waals surface area contributed by atoms with Crippen molar-refractivity contribution in [3.63, 3.8) is 0 Å². The molecule has 2 aromatic rings. The van der Waals surface area contributed by atoms with Crippen LogP contribution in [0.15, 0.2) is 53.9 Å². The molecule has 0 fully saturated rings. The number of rotatable bonds is 2. The number of hydrogen-bond acceptors (Lipinski definition) is 5. The molecule has 0 unspecified atom stereocenters. The van der Waals surface area contributed by atoms with Crippen LogP contribution in [-0.2, 0) is 4.79 Å². The number of hydrogen-bond donors (Lipinski definition) is 3. The van der Waals surface area contributed by atoms with E-state index in [1.54, 1.807) is 18.2 Å². The van der Waals surface area contributed by atoms with Crippen LogP contribution >= 0.6 is 0 Å². The smallest absolute Gasteiger partial charge is 0.221 e. The number of phenolic OH excluding ortho intramolecular Hbond substituents is 1. The zero-order valence-electron chi connectivity index (χ0n) is 12.9. The third kappa shape index (κ3) is 2.75. The molecule has 0 radical (unpaired) electrons. The number of benzene rings is 2. The molecule has 0 bridgehead atoms. The van der Waals surface area contributed by atoms with Crippen LogP contribution in [0.2, 0.25) is 0 Å². The number of phenols is 1. The Morgan fingerprint density at radius 2 is 2.00 bits per heavy atom. The lowest BCUT2D eigenvalue weighted by Crippen LogP contribution is -2.21. The number of anilines is 1. The first-order valence-corrected chi connectivity index (χ1v) is 7.27. The minimum atomic E-state index is -0.397. The summed E-state index contributed by atoms with van der Waals surface area (Å²) >= 11 is 0. The molecule has 6 heteroatoms. The first kappa shape index (κ1) is 15.4. The van der Waals surface area contributed by atoms with Crippen LogP contribution in [0.5, 0.6) is 11.5 Å². The molecular weight excluding hydrogens is 306 g/mol. The van der Waals surface area contributed by atoms with E-state index in [2.05, 4.69) is 11.4 Å². The van der Waals surface area contributed by atoms with E-state index in [1.807, 2.05) is 12.1 Å². The number of allylic oxidation sites excluding steroid dienone is 1. The molecule has 1 aliphatic heterocycles. The molecule has 2 aromatic carbocycles. The Labute approximate surface area is 138 Å². The quantitative estimate of drug-likeness (QED) is 0.787. The average Bonchev–Trinajstić information content (AvgIpc) is 2.53. The highest BCUT2D eigenvalue weighted by Crippen LogP contribution is 2.43. The Kier molecular flexibility index (Phi) is 3.84. The third-order valence-electron chi connectivity index (χ3n) is 3.77. The highest BCUT2D eigenvalue weighted by Gasteiger charge is 2.30. The Balaban J connectivity index is 2.08. The molecule has 1 amide bonds. The maximum atomic E-state index is 11.1. The van der Waals surface area contributed by atoms with Crippen LogP contribution in [0, 0.1) is 11.3 Å². The Morgan fingerprint density at radius 1 is 1.29 bits per heavy atom. The maximum absolute atomic E-state index is 11.1. The first-order chi connectivity index (χ1) is 11.5. The number of ether oxygens (including phenoxy) is 1.